The molecule has 0 radical (unpaired) electrons. The second-order valence-electron chi connectivity index (χ2n) is 5.39. The van der Waals surface area contributed by atoms with Gasteiger partial charge in [0.1, 0.15) is 11.9 Å². The Morgan fingerprint density at radius 3 is 2.29 bits per heavy atom. The van der Waals surface area contributed by atoms with Gasteiger partial charge in [0.25, 0.3) is 0 Å². The van der Waals surface area contributed by atoms with Crippen LogP contribution in [0.25, 0.3) is 6.08 Å². The molecule has 0 aliphatic carbocycles. The van der Waals surface area contributed by atoms with Crippen LogP contribution in [0.1, 0.15) is 36.6 Å². The topological polar surface area (TPSA) is 52.6 Å². The Morgan fingerprint density at radius 2 is 1.67 bits per heavy atom. The number of hydrogen-bond donors (Lipinski definition) is 0. The van der Waals surface area contributed by atoms with E-state index in [0.29, 0.717) is 11.3 Å². The summed E-state index contributed by atoms with van der Waals surface area (Å²) >= 11 is 0. The summed E-state index contributed by atoms with van der Waals surface area (Å²) < 4.78 is 10.7. The molecule has 0 N–H and O–H groups in total. The van der Waals surface area contributed by atoms with Crippen molar-refractivity contribution in [1.82, 2.24) is 0 Å². The standard InChI is InChI=1S/C20H20O4/c1-14-8-7-11-18(20(14)24-16(3)22)19(23-15(2)21)13-12-17-9-5-4-6-10-17/h4-13,19H,1-3H3. The molecule has 0 heterocycles. The van der Waals surface area contributed by atoms with E-state index in [1.807, 2.05) is 55.5 Å². The van der Waals surface area contributed by atoms with E-state index in [4.69, 9.17) is 9.47 Å². The Morgan fingerprint density at radius 1 is 0.958 bits per heavy atom. The number of benzene rings is 2. The van der Waals surface area contributed by atoms with Crippen LogP contribution in [0.15, 0.2) is 54.6 Å². The normalized spacial score (nSPS) is 12.0. The molecule has 0 saturated carbocycles. The Labute approximate surface area is 141 Å². The van der Waals surface area contributed by atoms with Gasteiger partial charge in [0.05, 0.1) is 0 Å². The van der Waals surface area contributed by atoms with Gasteiger partial charge < -0.3 is 9.47 Å². The summed E-state index contributed by atoms with van der Waals surface area (Å²) in [5.41, 5.74) is 2.41. The minimum atomic E-state index is -0.642. The number of carbonyl (C=O) groups is 2. The second-order valence-corrected chi connectivity index (χ2v) is 5.39. The fourth-order valence-electron chi connectivity index (χ4n) is 2.33. The second kappa shape index (κ2) is 8.11. The third-order valence-electron chi connectivity index (χ3n) is 3.35. The van der Waals surface area contributed by atoms with Gasteiger partial charge in [0, 0.05) is 19.4 Å². The Balaban J connectivity index is 2.41. The van der Waals surface area contributed by atoms with E-state index in [1.165, 1.54) is 13.8 Å². The van der Waals surface area contributed by atoms with E-state index in [-0.39, 0.29) is 0 Å². The molecule has 0 spiro atoms. The number of carbonyl (C=O) groups excluding carboxylic acids is 2. The molecule has 24 heavy (non-hydrogen) atoms. The molecule has 2 aromatic carbocycles. The van der Waals surface area contributed by atoms with Gasteiger partial charge in [0.15, 0.2) is 0 Å². The maximum atomic E-state index is 11.5. The first-order valence-corrected chi connectivity index (χ1v) is 7.66. The number of hydrogen-bond acceptors (Lipinski definition) is 4. The summed E-state index contributed by atoms with van der Waals surface area (Å²) in [7, 11) is 0. The highest BCUT2D eigenvalue weighted by molar-refractivity contribution is 5.71. The lowest BCUT2D eigenvalue weighted by atomic mass is 10.0. The molecule has 1 unspecified atom stereocenters. The molecule has 0 aliphatic heterocycles. The lowest BCUT2D eigenvalue weighted by Crippen LogP contribution is -2.11. The van der Waals surface area contributed by atoms with Gasteiger partial charge in [0.2, 0.25) is 0 Å². The van der Waals surface area contributed by atoms with Crippen LogP contribution in [-0.4, -0.2) is 11.9 Å². The molecule has 1 atom stereocenters. The first-order chi connectivity index (χ1) is 11.5. The van der Waals surface area contributed by atoms with Crippen LogP contribution in [-0.2, 0) is 14.3 Å². The van der Waals surface area contributed by atoms with E-state index in [0.717, 1.165) is 11.1 Å². The number of ether oxygens (including phenoxy) is 2. The van der Waals surface area contributed by atoms with Crippen molar-refractivity contribution in [3.8, 4) is 5.75 Å². The van der Waals surface area contributed by atoms with Crippen LogP contribution < -0.4 is 4.74 Å². The van der Waals surface area contributed by atoms with Gasteiger partial charge >= 0.3 is 11.9 Å². The molecule has 124 valence electrons. The average molecular weight is 324 g/mol. The predicted octanol–water partition coefficient (Wildman–Crippen LogP) is 4.24. The van der Waals surface area contributed by atoms with Crippen LogP contribution in [0.4, 0.5) is 0 Å². The van der Waals surface area contributed by atoms with E-state index in [1.54, 1.807) is 12.1 Å². The Hall–Kier alpha value is -2.88. The highest BCUT2D eigenvalue weighted by atomic mass is 16.6. The Bertz CT molecular complexity index is 747. The monoisotopic (exact) mass is 324 g/mol. The third kappa shape index (κ3) is 4.81. The van der Waals surface area contributed by atoms with E-state index in [9.17, 15) is 9.59 Å². The van der Waals surface area contributed by atoms with Gasteiger partial charge in [-0.25, -0.2) is 0 Å². The maximum Gasteiger partial charge on any atom is 0.308 e. The molecular weight excluding hydrogens is 304 g/mol. The average Bonchev–Trinajstić information content (AvgIpc) is 2.54. The molecule has 0 saturated heterocycles. The summed E-state index contributed by atoms with van der Waals surface area (Å²) in [6.45, 7) is 4.54. The Kier molecular flexibility index (Phi) is 5.90. The fourth-order valence-corrected chi connectivity index (χ4v) is 2.33. The first-order valence-electron chi connectivity index (χ1n) is 7.66. The summed E-state index contributed by atoms with van der Waals surface area (Å²) in [6.07, 6.45) is 3.00. The summed E-state index contributed by atoms with van der Waals surface area (Å²) in [6, 6.07) is 15.1. The van der Waals surface area contributed by atoms with Crippen molar-refractivity contribution < 1.29 is 19.1 Å². The molecule has 4 heteroatoms. The van der Waals surface area contributed by atoms with Gasteiger partial charge in [-0.05, 0) is 24.1 Å². The maximum absolute atomic E-state index is 11.5. The van der Waals surface area contributed by atoms with Crippen LogP contribution in [0.5, 0.6) is 5.75 Å². The van der Waals surface area contributed by atoms with Crippen molar-refractivity contribution in [2.45, 2.75) is 26.9 Å². The fraction of sp³-hybridized carbons (Fsp3) is 0.200. The van der Waals surface area contributed by atoms with E-state index < -0.39 is 18.0 Å². The SMILES string of the molecule is CC(=O)Oc1c(C)cccc1C(C=Cc1ccccc1)OC(C)=O. The molecule has 0 aromatic heterocycles. The molecule has 0 amide bonds. The smallest absolute Gasteiger partial charge is 0.308 e. The van der Waals surface area contributed by atoms with Crippen molar-refractivity contribution in [2.75, 3.05) is 0 Å². The molecule has 0 bridgehead atoms. The zero-order valence-corrected chi connectivity index (χ0v) is 14.0. The molecular formula is C20H20O4. The number of esters is 2. The van der Waals surface area contributed by atoms with Crippen LogP contribution in [0.3, 0.4) is 0 Å². The lowest BCUT2D eigenvalue weighted by Gasteiger charge is -2.18. The summed E-state index contributed by atoms with van der Waals surface area (Å²) in [5.74, 6) is -0.402. The van der Waals surface area contributed by atoms with Gasteiger partial charge in [-0.3, -0.25) is 9.59 Å². The van der Waals surface area contributed by atoms with Crippen molar-refractivity contribution in [2.24, 2.45) is 0 Å². The largest absolute Gasteiger partial charge is 0.453 e. The molecule has 2 rings (SSSR count). The predicted molar refractivity (Wildman–Crippen MR) is 92.5 cm³/mol. The van der Waals surface area contributed by atoms with Crippen LogP contribution in [0, 0.1) is 6.92 Å². The van der Waals surface area contributed by atoms with Crippen molar-refractivity contribution >= 4 is 18.0 Å². The summed E-state index contributed by atoms with van der Waals surface area (Å²) in [4.78, 5) is 22.9. The third-order valence-corrected chi connectivity index (χ3v) is 3.35. The number of para-hydroxylation sites is 1. The van der Waals surface area contributed by atoms with Gasteiger partial charge in [-0.2, -0.15) is 0 Å². The van der Waals surface area contributed by atoms with Crippen molar-refractivity contribution in [1.29, 1.82) is 0 Å². The highest BCUT2D eigenvalue weighted by Gasteiger charge is 2.19. The summed E-state index contributed by atoms with van der Waals surface area (Å²) in [5, 5.41) is 0. The zero-order valence-electron chi connectivity index (χ0n) is 14.0. The quantitative estimate of drug-likeness (QED) is 0.610. The molecule has 4 nitrogen and oxygen atoms in total. The van der Waals surface area contributed by atoms with Gasteiger partial charge in [-0.15, -0.1) is 0 Å². The highest BCUT2D eigenvalue weighted by Crippen LogP contribution is 2.32. The van der Waals surface area contributed by atoms with Crippen molar-refractivity contribution in [3.05, 3.63) is 71.3 Å². The molecule has 0 aliphatic rings. The first kappa shape index (κ1) is 17.5. The molecule has 2 aromatic rings. The van der Waals surface area contributed by atoms with Crippen LogP contribution in [0.2, 0.25) is 0 Å². The number of aryl methyl sites for hydroxylation is 1. The van der Waals surface area contributed by atoms with E-state index >= 15 is 0 Å². The minimum Gasteiger partial charge on any atom is -0.453 e. The van der Waals surface area contributed by atoms with Crippen molar-refractivity contribution in [3.63, 3.8) is 0 Å². The minimum absolute atomic E-state index is 0.409. The lowest BCUT2D eigenvalue weighted by molar-refractivity contribution is -0.144. The van der Waals surface area contributed by atoms with Crippen LogP contribution >= 0.6 is 0 Å². The van der Waals surface area contributed by atoms with E-state index in [2.05, 4.69) is 0 Å². The number of rotatable bonds is 5. The van der Waals surface area contributed by atoms with Gasteiger partial charge in [-0.1, -0.05) is 54.6 Å². The zero-order chi connectivity index (χ0) is 17.5. The molecule has 0 fully saturated rings.